The van der Waals surface area contributed by atoms with Crippen molar-refractivity contribution in [3.63, 3.8) is 0 Å². The molecule has 0 bridgehead atoms. The van der Waals surface area contributed by atoms with Crippen LogP contribution in [0, 0.1) is 0 Å². The average Bonchev–Trinajstić information content (AvgIpc) is 3.10. The van der Waals surface area contributed by atoms with E-state index >= 15 is 0 Å². The molecule has 0 aliphatic carbocycles. The summed E-state index contributed by atoms with van der Waals surface area (Å²) in [6.45, 7) is 6.92. The molecule has 0 fully saturated rings. The normalized spacial score (nSPS) is 11.4. The van der Waals surface area contributed by atoms with Crippen LogP contribution >= 0.6 is 0 Å². The summed E-state index contributed by atoms with van der Waals surface area (Å²) in [7, 11) is 5.45. The molecule has 0 saturated carbocycles. The Bertz CT molecular complexity index is 933. The second-order valence-electron chi connectivity index (χ2n) is 7.69. The smallest absolute Gasteiger partial charge is 0.161 e. The first-order chi connectivity index (χ1) is 14.0. The lowest BCUT2D eigenvalue weighted by Gasteiger charge is -2.18. The van der Waals surface area contributed by atoms with Gasteiger partial charge in [0.25, 0.3) is 0 Å². The van der Waals surface area contributed by atoms with Crippen molar-refractivity contribution in [1.29, 1.82) is 0 Å². The molecule has 0 atom stereocenters. The van der Waals surface area contributed by atoms with E-state index in [1.165, 1.54) is 11.1 Å². The third-order valence-corrected chi connectivity index (χ3v) is 5.12. The van der Waals surface area contributed by atoms with Crippen molar-refractivity contribution < 1.29 is 14.2 Å². The van der Waals surface area contributed by atoms with Crippen molar-refractivity contribution in [1.82, 2.24) is 9.30 Å². The predicted octanol–water partition coefficient (Wildman–Crippen LogP) is 4.98. The number of pyridine rings is 1. The zero-order chi connectivity index (χ0) is 20.8. The quantitative estimate of drug-likeness (QED) is 0.453. The molecule has 3 aromatic rings. The number of rotatable bonds is 10. The Labute approximate surface area is 173 Å². The first-order valence-electron chi connectivity index (χ1n) is 10.1. The maximum absolute atomic E-state index is 6.24. The second-order valence-corrected chi connectivity index (χ2v) is 7.69. The summed E-state index contributed by atoms with van der Waals surface area (Å²) in [6.07, 6.45) is 5.22. The number of nitrogens with zero attached hydrogens (tertiary/aromatic N) is 2. The highest BCUT2D eigenvalue weighted by molar-refractivity contribution is 5.65. The van der Waals surface area contributed by atoms with Crippen LogP contribution in [0.25, 0.3) is 5.52 Å². The van der Waals surface area contributed by atoms with E-state index in [1.807, 2.05) is 18.2 Å². The molecule has 2 heterocycles. The molecule has 3 rings (SSSR count). The van der Waals surface area contributed by atoms with Gasteiger partial charge in [0.05, 0.1) is 26.3 Å². The number of benzene rings is 1. The van der Waals surface area contributed by atoms with E-state index in [9.17, 15) is 0 Å². The molecule has 0 aliphatic rings. The number of ether oxygens (including phenoxy) is 3. The maximum atomic E-state index is 6.24. The lowest BCUT2D eigenvalue weighted by molar-refractivity contribution is 0.258. The minimum absolute atomic E-state index is 0.428. The molecule has 0 saturated heterocycles. The molecule has 29 heavy (non-hydrogen) atoms. The first kappa shape index (κ1) is 21.1. The fourth-order valence-electron chi connectivity index (χ4n) is 3.56. The molecular weight excluding hydrogens is 364 g/mol. The molecule has 0 spiro atoms. The Morgan fingerprint density at radius 1 is 1.03 bits per heavy atom. The fourth-order valence-corrected chi connectivity index (χ4v) is 3.56. The second kappa shape index (κ2) is 9.70. The van der Waals surface area contributed by atoms with Crippen molar-refractivity contribution in [3.05, 3.63) is 59.9 Å². The van der Waals surface area contributed by atoms with Crippen LogP contribution in [0.15, 0.2) is 48.8 Å². The third-order valence-electron chi connectivity index (χ3n) is 5.12. The zero-order valence-electron chi connectivity index (χ0n) is 18.1. The maximum Gasteiger partial charge on any atom is 0.161 e. The molecule has 0 amide bonds. The van der Waals surface area contributed by atoms with Crippen molar-refractivity contribution in [2.24, 2.45) is 0 Å². The summed E-state index contributed by atoms with van der Waals surface area (Å²) in [6, 6.07) is 12.3. The number of fused-ring (bicyclic) bond motifs is 1. The molecule has 0 aliphatic heterocycles. The van der Waals surface area contributed by atoms with Gasteiger partial charge in [-0.05, 0) is 49.2 Å². The summed E-state index contributed by atoms with van der Waals surface area (Å²) < 4.78 is 19.1. The Balaban J connectivity index is 1.54. The molecular formula is C24H32N2O3. The van der Waals surface area contributed by atoms with Crippen molar-refractivity contribution in [2.45, 2.75) is 32.7 Å². The molecule has 5 heteroatoms. The van der Waals surface area contributed by atoms with Gasteiger partial charge in [-0.2, -0.15) is 0 Å². The third kappa shape index (κ3) is 5.04. The molecule has 2 aromatic heterocycles. The molecule has 156 valence electrons. The van der Waals surface area contributed by atoms with Gasteiger partial charge in [-0.15, -0.1) is 0 Å². The highest BCUT2D eigenvalue weighted by Crippen LogP contribution is 2.33. The summed E-state index contributed by atoms with van der Waals surface area (Å²) >= 11 is 0. The molecule has 0 unspecified atom stereocenters. The Morgan fingerprint density at radius 2 is 1.83 bits per heavy atom. The highest BCUT2D eigenvalue weighted by Gasteiger charge is 2.14. The van der Waals surface area contributed by atoms with Crippen LogP contribution in [0.5, 0.6) is 17.2 Å². The van der Waals surface area contributed by atoms with Crippen LogP contribution in [0.4, 0.5) is 0 Å². The van der Waals surface area contributed by atoms with Crippen molar-refractivity contribution >= 4 is 5.52 Å². The molecule has 1 aromatic carbocycles. The van der Waals surface area contributed by atoms with Crippen LogP contribution in [0.2, 0.25) is 0 Å². The largest absolute Gasteiger partial charge is 0.493 e. The van der Waals surface area contributed by atoms with E-state index in [0.29, 0.717) is 12.5 Å². The van der Waals surface area contributed by atoms with E-state index in [1.54, 1.807) is 14.2 Å². The SMILES string of the molecule is COc1ccc(CN(C)CCCOc2c(C(C)C)cn3ccccc23)cc1OC. The molecule has 5 nitrogen and oxygen atoms in total. The van der Waals surface area contributed by atoms with Gasteiger partial charge >= 0.3 is 0 Å². The Morgan fingerprint density at radius 3 is 2.55 bits per heavy atom. The molecule has 0 radical (unpaired) electrons. The summed E-state index contributed by atoms with van der Waals surface area (Å²) in [5.74, 6) is 2.97. The summed E-state index contributed by atoms with van der Waals surface area (Å²) in [5, 5.41) is 0. The first-order valence-corrected chi connectivity index (χ1v) is 10.1. The van der Waals surface area contributed by atoms with E-state index in [4.69, 9.17) is 14.2 Å². The zero-order valence-corrected chi connectivity index (χ0v) is 18.1. The van der Waals surface area contributed by atoms with E-state index in [0.717, 1.165) is 42.3 Å². The van der Waals surface area contributed by atoms with Gasteiger partial charge in [-0.25, -0.2) is 0 Å². The standard InChI is InChI=1S/C24H32N2O3/c1-18(2)20-17-26-13-7-6-9-21(26)24(20)29-14-8-12-25(3)16-19-10-11-22(27-4)23(15-19)28-5/h6-7,9-11,13,15,17-18H,8,12,14,16H2,1-5H3. The number of hydrogen-bond donors (Lipinski definition) is 0. The average molecular weight is 397 g/mol. The Hall–Kier alpha value is -2.66. The van der Waals surface area contributed by atoms with Gasteiger partial charge in [0.2, 0.25) is 0 Å². The predicted molar refractivity (Wildman–Crippen MR) is 117 cm³/mol. The van der Waals surface area contributed by atoms with Crippen LogP contribution in [0.1, 0.15) is 37.3 Å². The van der Waals surface area contributed by atoms with Crippen molar-refractivity contribution in [3.8, 4) is 17.2 Å². The van der Waals surface area contributed by atoms with Crippen LogP contribution < -0.4 is 14.2 Å². The van der Waals surface area contributed by atoms with E-state index < -0.39 is 0 Å². The number of hydrogen-bond acceptors (Lipinski definition) is 4. The van der Waals surface area contributed by atoms with Gasteiger partial charge in [-0.3, -0.25) is 0 Å². The van der Waals surface area contributed by atoms with Gasteiger partial charge in [0.1, 0.15) is 5.75 Å². The monoisotopic (exact) mass is 396 g/mol. The number of aromatic nitrogens is 1. The van der Waals surface area contributed by atoms with Crippen LogP contribution in [-0.4, -0.2) is 43.7 Å². The van der Waals surface area contributed by atoms with Gasteiger partial charge < -0.3 is 23.5 Å². The Kier molecular flexibility index (Phi) is 7.04. The summed E-state index contributed by atoms with van der Waals surface area (Å²) in [5.41, 5.74) is 3.59. The lowest BCUT2D eigenvalue weighted by Crippen LogP contribution is -2.21. The highest BCUT2D eigenvalue weighted by atomic mass is 16.5. The van der Waals surface area contributed by atoms with Gasteiger partial charge in [0.15, 0.2) is 11.5 Å². The summed E-state index contributed by atoms with van der Waals surface area (Å²) in [4.78, 5) is 2.30. The minimum Gasteiger partial charge on any atom is -0.493 e. The van der Waals surface area contributed by atoms with Gasteiger partial charge in [0, 0.05) is 31.0 Å². The fraction of sp³-hybridized carbons (Fsp3) is 0.417. The van der Waals surface area contributed by atoms with Crippen LogP contribution in [-0.2, 0) is 6.54 Å². The van der Waals surface area contributed by atoms with Crippen molar-refractivity contribution in [2.75, 3.05) is 34.4 Å². The topological polar surface area (TPSA) is 35.3 Å². The van der Waals surface area contributed by atoms with E-state index in [2.05, 4.69) is 60.8 Å². The minimum atomic E-state index is 0.428. The van der Waals surface area contributed by atoms with Gasteiger partial charge in [-0.1, -0.05) is 26.0 Å². The van der Waals surface area contributed by atoms with E-state index in [-0.39, 0.29) is 0 Å². The number of methoxy groups -OCH3 is 2. The lowest BCUT2D eigenvalue weighted by atomic mass is 10.1. The van der Waals surface area contributed by atoms with Crippen LogP contribution in [0.3, 0.4) is 0 Å². The molecule has 0 N–H and O–H groups in total.